The van der Waals surface area contributed by atoms with Crippen molar-refractivity contribution in [1.29, 1.82) is 0 Å². The Balaban J connectivity index is 1.77. The average Bonchev–Trinajstić information content (AvgIpc) is 3.15. The van der Waals surface area contributed by atoms with Gasteiger partial charge in [-0.3, -0.25) is 4.79 Å². The van der Waals surface area contributed by atoms with Crippen LogP contribution in [-0.4, -0.2) is 29.9 Å². The van der Waals surface area contributed by atoms with Crippen LogP contribution >= 0.6 is 0 Å². The Hall–Kier alpha value is -1.39. The van der Waals surface area contributed by atoms with Gasteiger partial charge in [0.2, 0.25) is 0 Å². The van der Waals surface area contributed by atoms with Gasteiger partial charge < -0.3 is 15.4 Å². The van der Waals surface area contributed by atoms with Gasteiger partial charge in [-0.1, -0.05) is 6.07 Å². The summed E-state index contributed by atoms with van der Waals surface area (Å²) < 4.78 is 5.39. The lowest BCUT2D eigenvalue weighted by molar-refractivity contribution is 0.0742. The van der Waals surface area contributed by atoms with E-state index in [9.17, 15) is 4.79 Å². The number of rotatable bonds is 5. The van der Waals surface area contributed by atoms with Gasteiger partial charge in [-0.15, -0.1) is 0 Å². The zero-order valence-electron chi connectivity index (χ0n) is 11.1. The fourth-order valence-electron chi connectivity index (χ4n) is 2.57. The topological polar surface area (TPSA) is 55.6 Å². The van der Waals surface area contributed by atoms with Gasteiger partial charge in [-0.25, -0.2) is 0 Å². The summed E-state index contributed by atoms with van der Waals surface area (Å²) in [5.41, 5.74) is 8.70. The summed E-state index contributed by atoms with van der Waals surface area (Å²) in [7, 11) is 0. The molecule has 2 N–H and O–H groups in total. The van der Waals surface area contributed by atoms with Crippen LogP contribution < -0.4 is 5.73 Å². The summed E-state index contributed by atoms with van der Waals surface area (Å²) in [5, 5.41) is 0. The highest BCUT2D eigenvalue weighted by Gasteiger charge is 2.32. The summed E-state index contributed by atoms with van der Waals surface area (Å²) in [6, 6.07) is 6.36. The SMILES string of the molecule is NCCCN(C(=O)c1ccc2c(c1)COC2)C1CC1. The molecule has 1 aromatic rings. The van der Waals surface area contributed by atoms with Gasteiger partial charge in [0.1, 0.15) is 0 Å². The number of ether oxygens (including phenoxy) is 1. The van der Waals surface area contributed by atoms with Crippen molar-refractivity contribution in [2.45, 2.75) is 38.5 Å². The maximum Gasteiger partial charge on any atom is 0.254 e. The molecule has 0 bridgehead atoms. The van der Waals surface area contributed by atoms with Crippen molar-refractivity contribution in [3.05, 3.63) is 34.9 Å². The summed E-state index contributed by atoms with van der Waals surface area (Å²) in [6.45, 7) is 2.70. The number of nitrogens with two attached hydrogens (primary N) is 1. The smallest absolute Gasteiger partial charge is 0.254 e. The van der Waals surface area contributed by atoms with Gasteiger partial charge >= 0.3 is 0 Å². The number of hydrogen-bond acceptors (Lipinski definition) is 3. The van der Waals surface area contributed by atoms with Crippen molar-refractivity contribution in [3.8, 4) is 0 Å². The number of amides is 1. The highest BCUT2D eigenvalue weighted by molar-refractivity contribution is 5.95. The Bertz CT molecular complexity index is 483. The van der Waals surface area contributed by atoms with Gasteiger partial charge in [-0.05, 0) is 49.1 Å². The second kappa shape index (κ2) is 5.31. The maximum absolute atomic E-state index is 12.6. The van der Waals surface area contributed by atoms with Gasteiger partial charge in [0.25, 0.3) is 5.91 Å². The van der Waals surface area contributed by atoms with E-state index in [1.54, 1.807) is 0 Å². The van der Waals surface area contributed by atoms with E-state index >= 15 is 0 Å². The number of carbonyl (C=O) groups excluding carboxylic acids is 1. The first-order valence-electron chi connectivity index (χ1n) is 7.00. The summed E-state index contributed by atoms with van der Waals surface area (Å²) in [5.74, 6) is 0.144. The monoisotopic (exact) mass is 260 g/mol. The minimum Gasteiger partial charge on any atom is -0.372 e. The van der Waals surface area contributed by atoms with E-state index in [1.807, 2.05) is 23.1 Å². The summed E-state index contributed by atoms with van der Waals surface area (Å²) >= 11 is 0. The van der Waals surface area contributed by atoms with Crippen molar-refractivity contribution in [2.75, 3.05) is 13.1 Å². The molecule has 3 rings (SSSR count). The molecule has 1 saturated carbocycles. The van der Waals surface area contributed by atoms with Gasteiger partial charge in [0.15, 0.2) is 0 Å². The largest absolute Gasteiger partial charge is 0.372 e. The molecule has 0 saturated heterocycles. The number of carbonyl (C=O) groups is 1. The minimum absolute atomic E-state index is 0.144. The Labute approximate surface area is 113 Å². The summed E-state index contributed by atoms with van der Waals surface area (Å²) in [4.78, 5) is 14.6. The first kappa shape index (κ1) is 12.6. The highest BCUT2D eigenvalue weighted by atomic mass is 16.5. The quantitative estimate of drug-likeness (QED) is 0.876. The average molecular weight is 260 g/mol. The Morgan fingerprint density at radius 2 is 2.11 bits per heavy atom. The first-order chi connectivity index (χ1) is 9.29. The normalized spacial score (nSPS) is 17.3. The van der Waals surface area contributed by atoms with Crippen molar-refractivity contribution in [1.82, 2.24) is 4.90 Å². The van der Waals surface area contributed by atoms with E-state index in [0.717, 1.165) is 36.9 Å². The molecule has 102 valence electrons. The minimum atomic E-state index is 0.144. The van der Waals surface area contributed by atoms with E-state index < -0.39 is 0 Å². The van der Waals surface area contributed by atoms with Crippen molar-refractivity contribution < 1.29 is 9.53 Å². The molecule has 1 aliphatic heterocycles. The molecule has 1 aliphatic carbocycles. The zero-order valence-corrected chi connectivity index (χ0v) is 11.1. The van der Waals surface area contributed by atoms with Gasteiger partial charge in [0, 0.05) is 18.2 Å². The lowest BCUT2D eigenvalue weighted by Gasteiger charge is -2.22. The van der Waals surface area contributed by atoms with Crippen LogP contribution in [0.4, 0.5) is 0 Å². The molecule has 19 heavy (non-hydrogen) atoms. The van der Waals surface area contributed by atoms with Gasteiger partial charge in [0.05, 0.1) is 13.2 Å². The second-order valence-electron chi connectivity index (χ2n) is 5.35. The van der Waals surface area contributed by atoms with Crippen LogP contribution in [0.2, 0.25) is 0 Å². The van der Waals surface area contributed by atoms with Crippen LogP contribution in [0, 0.1) is 0 Å². The Morgan fingerprint density at radius 3 is 2.84 bits per heavy atom. The third-order valence-electron chi connectivity index (χ3n) is 3.82. The fraction of sp³-hybridized carbons (Fsp3) is 0.533. The molecular weight excluding hydrogens is 240 g/mol. The van der Waals surface area contributed by atoms with E-state index in [2.05, 4.69) is 0 Å². The van der Waals surface area contributed by atoms with Crippen molar-refractivity contribution in [3.63, 3.8) is 0 Å². The summed E-state index contributed by atoms with van der Waals surface area (Å²) in [6.07, 6.45) is 3.13. The molecule has 4 heteroatoms. The molecule has 4 nitrogen and oxygen atoms in total. The molecule has 0 spiro atoms. The molecule has 1 heterocycles. The van der Waals surface area contributed by atoms with Crippen molar-refractivity contribution in [2.24, 2.45) is 5.73 Å². The van der Waals surface area contributed by atoms with Crippen LogP contribution in [0.1, 0.15) is 40.7 Å². The predicted molar refractivity (Wildman–Crippen MR) is 72.7 cm³/mol. The van der Waals surface area contributed by atoms with Crippen LogP contribution in [0.3, 0.4) is 0 Å². The molecule has 1 aromatic carbocycles. The van der Waals surface area contributed by atoms with E-state index in [4.69, 9.17) is 10.5 Å². The molecule has 1 fully saturated rings. The number of fused-ring (bicyclic) bond motifs is 1. The molecule has 0 radical (unpaired) electrons. The number of hydrogen-bond donors (Lipinski definition) is 1. The number of benzene rings is 1. The van der Waals surface area contributed by atoms with Crippen LogP contribution in [0.25, 0.3) is 0 Å². The highest BCUT2D eigenvalue weighted by Crippen LogP contribution is 2.29. The number of nitrogens with zero attached hydrogens (tertiary/aromatic N) is 1. The molecule has 0 unspecified atom stereocenters. The molecule has 1 amide bonds. The Kier molecular flexibility index (Phi) is 3.53. The predicted octanol–water partition coefficient (Wildman–Crippen LogP) is 1.67. The van der Waals surface area contributed by atoms with E-state index in [1.165, 1.54) is 5.56 Å². The fourth-order valence-corrected chi connectivity index (χ4v) is 2.57. The Morgan fingerprint density at radius 1 is 1.32 bits per heavy atom. The van der Waals surface area contributed by atoms with E-state index in [0.29, 0.717) is 25.8 Å². The van der Waals surface area contributed by atoms with Crippen LogP contribution in [-0.2, 0) is 18.0 Å². The molecular formula is C15H20N2O2. The zero-order chi connectivity index (χ0) is 13.2. The first-order valence-corrected chi connectivity index (χ1v) is 7.00. The van der Waals surface area contributed by atoms with Crippen molar-refractivity contribution >= 4 is 5.91 Å². The standard InChI is InChI=1S/C15H20N2O2/c16-6-1-7-17(14-4-5-14)15(18)11-2-3-12-9-19-10-13(12)8-11/h2-3,8,14H,1,4-7,9-10,16H2. The second-order valence-corrected chi connectivity index (χ2v) is 5.35. The van der Waals surface area contributed by atoms with E-state index in [-0.39, 0.29) is 5.91 Å². The molecule has 0 aromatic heterocycles. The van der Waals surface area contributed by atoms with Crippen LogP contribution in [0.15, 0.2) is 18.2 Å². The molecule has 0 atom stereocenters. The maximum atomic E-state index is 12.6. The molecule has 2 aliphatic rings. The lowest BCUT2D eigenvalue weighted by Crippen LogP contribution is -2.35. The third-order valence-corrected chi connectivity index (χ3v) is 3.82. The lowest BCUT2D eigenvalue weighted by atomic mass is 10.1. The van der Waals surface area contributed by atoms with Crippen LogP contribution in [0.5, 0.6) is 0 Å². The van der Waals surface area contributed by atoms with Gasteiger partial charge in [-0.2, -0.15) is 0 Å². The third kappa shape index (κ3) is 2.65.